The van der Waals surface area contributed by atoms with Gasteiger partial charge in [0, 0.05) is 30.7 Å². The minimum Gasteiger partial charge on any atom is -0.497 e. The van der Waals surface area contributed by atoms with Crippen LogP contribution in [0.2, 0.25) is 5.02 Å². The molecule has 0 bridgehead atoms. The Hall–Kier alpha value is -1.95. The molecule has 7 heteroatoms. The number of nitrogens with zero attached hydrogens (tertiary/aromatic N) is 1. The summed E-state index contributed by atoms with van der Waals surface area (Å²) < 4.78 is 10.9. The number of likely N-dealkylation sites (tertiary alicyclic amines) is 1. The fourth-order valence-electron chi connectivity index (χ4n) is 3.40. The highest BCUT2D eigenvalue weighted by Crippen LogP contribution is 2.29. The second-order valence-corrected chi connectivity index (χ2v) is 7.17. The van der Waals surface area contributed by atoms with Crippen molar-refractivity contribution in [3.63, 3.8) is 0 Å². The van der Waals surface area contributed by atoms with E-state index >= 15 is 0 Å². The van der Waals surface area contributed by atoms with Crippen molar-refractivity contribution < 1.29 is 14.3 Å². The molecule has 1 atom stereocenters. The number of benzene rings is 2. The molecule has 1 heterocycles. The lowest BCUT2D eigenvalue weighted by Gasteiger charge is -2.19. The first kappa shape index (κ1) is 22.3. The molecule has 0 aliphatic carbocycles. The summed E-state index contributed by atoms with van der Waals surface area (Å²) in [4.78, 5) is 14.9. The summed E-state index contributed by atoms with van der Waals surface area (Å²) in [7, 11) is 1.59. The molecule has 28 heavy (non-hydrogen) atoms. The zero-order valence-corrected chi connectivity index (χ0v) is 17.5. The third-order valence-electron chi connectivity index (χ3n) is 4.81. The molecule has 5 nitrogen and oxygen atoms in total. The predicted octanol–water partition coefficient (Wildman–Crippen LogP) is 3.81. The fourth-order valence-corrected chi connectivity index (χ4v) is 3.53. The van der Waals surface area contributed by atoms with E-state index in [1.807, 2.05) is 17.0 Å². The molecule has 2 aromatic carbocycles. The molecule has 152 valence electrons. The largest absolute Gasteiger partial charge is 0.497 e. The van der Waals surface area contributed by atoms with E-state index in [1.54, 1.807) is 25.3 Å². The van der Waals surface area contributed by atoms with Crippen molar-refractivity contribution in [2.45, 2.75) is 12.8 Å². The van der Waals surface area contributed by atoms with Crippen molar-refractivity contribution in [2.24, 2.45) is 11.7 Å². The normalized spacial score (nSPS) is 15.8. The molecule has 1 aliphatic rings. The van der Waals surface area contributed by atoms with Crippen LogP contribution in [0.5, 0.6) is 11.5 Å². The number of amides is 1. The summed E-state index contributed by atoms with van der Waals surface area (Å²) >= 11 is 5.95. The Balaban J connectivity index is 0.00000280. The first-order valence-corrected chi connectivity index (χ1v) is 9.53. The van der Waals surface area contributed by atoms with Crippen LogP contribution in [-0.2, 0) is 6.42 Å². The lowest BCUT2D eigenvalue weighted by Crippen LogP contribution is -2.29. The highest BCUT2D eigenvalue weighted by molar-refractivity contribution is 6.30. The molecular formula is C21H26Cl2N2O3. The average Bonchev–Trinajstić information content (AvgIpc) is 3.16. The Kier molecular flexibility index (Phi) is 8.42. The predicted molar refractivity (Wildman–Crippen MR) is 114 cm³/mol. The van der Waals surface area contributed by atoms with Crippen LogP contribution in [0, 0.1) is 5.92 Å². The number of methoxy groups -OCH3 is 1. The second-order valence-electron chi connectivity index (χ2n) is 6.74. The maximum atomic E-state index is 13.0. The maximum absolute atomic E-state index is 13.0. The smallest absolute Gasteiger partial charge is 0.257 e. The van der Waals surface area contributed by atoms with Gasteiger partial charge in [0.2, 0.25) is 0 Å². The summed E-state index contributed by atoms with van der Waals surface area (Å²) in [6.07, 6.45) is 1.93. The van der Waals surface area contributed by atoms with E-state index in [1.165, 1.54) is 5.56 Å². The third-order valence-corrected chi connectivity index (χ3v) is 5.06. The molecule has 0 aromatic heterocycles. The van der Waals surface area contributed by atoms with E-state index in [0.29, 0.717) is 36.1 Å². The van der Waals surface area contributed by atoms with Crippen LogP contribution in [0.15, 0.2) is 42.5 Å². The van der Waals surface area contributed by atoms with Gasteiger partial charge in [-0.3, -0.25) is 4.79 Å². The molecule has 2 N–H and O–H groups in total. The molecule has 1 fully saturated rings. The van der Waals surface area contributed by atoms with Crippen LogP contribution in [0.3, 0.4) is 0 Å². The highest BCUT2D eigenvalue weighted by atomic mass is 35.5. The van der Waals surface area contributed by atoms with Crippen LogP contribution in [0.4, 0.5) is 0 Å². The number of ether oxygens (including phenoxy) is 2. The van der Waals surface area contributed by atoms with Crippen molar-refractivity contribution in [1.29, 1.82) is 0 Å². The molecule has 1 aliphatic heterocycles. The van der Waals surface area contributed by atoms with E-state index < -0.39 is 0 Å². The molecule has 1 amide bonds. The van der Waals surface area contributed by atoms with E-state index in [2.05, 4.69) is 12.1 Å². The minimum atomic E-state index is -0.0109. The number of hydrogen-bond acceptors (Lipinski definition) is 4. The summed E-state index contributed by atoms with van der Waals surface area (Å²) in [6, 6.07) is 13.2. The Labute approximate surface area is 177 Å². The monoisotopic (exact) mass is 424 g/mol. The Morgan fingerprint density at radius 3 is 2.68 bits per heavy atom. The average molecular weight is 425 g/mol. The molecule has 1 unspecified atom stereocenters. The van der Waals surface area contributed by atoms with Gasteiger partial charge < -0.3 is 20.1 Å². The summed E-state index contributed by atoms with van der Waals surface area (Å²) in [5, 5.41) is 0.742. The summed E-state index contributed by atoms with van der Waals surface area (Å²) in [6.45, 7) is 2.23. The van der Waals surface area contributed by atoms with Crippen LogP contribution in [0.1, 0.15) is 22.3 Å². The number of halogens is 2. The van der Waals surface area contributed by atoms with Gasteiger partial charge in [-0.2, -0.15) is 0 Å². The molecule has 0 saturated carbocycles. The van der Waals surface area contributed by atoms with Crippen molar-refractivity contribution in [2.75, 3.05) is 33.4 Å². The number of rotatable bonds is 7. The summed E-state index contributed by atoms with van der Waals surface area (Å²) in [5.74, 6) is 1.61. The van der Waals surface area contributed by atoms with Gasteiger partial charge in [0.1, 0.15) is 18.1 Å². The first-order chi connectivity index (χ1) is 13.1. The lowest BCUT2D eigenvalue weighted by molar-refractivity contribution is 0.0782. The quantitative estimate of drug-likeness (QED) is 0.733. The maximum Gasteiger partial charge on any atom is 0.257 e. The Bertz CT molecular complexity index is 784. The van der Waals surface area contributed by atoms with E-state index in [0.717, 1.165) is 31.0 Å². The van der Waals surface area contributed by atoms with Crippen molar-refractivity contribution in [3.8, 4) is 11.5 Å². The number of hydrogen-bond donors (Lipinski definition) is 1. The van der Waals surface area contributed by atoms with Gasteiger partial charge in [-0.05, 0) is 48.6 Å². The van der Waals surface area contributed by atoms with Gasteiger partial charge in [-0.1, -0.05) is 23.7 Å². The first-order valence-electron chi connectivity index (χ1n) is 9.15. The topological polar surface area (TPSA) is 64.8 Å². The number of carbonyl (C=O) groups is 1. The van der Waals surface area contributed by atoms with Crippen molar-refractivity contribution in [3.05, 3.63) is 58.6 Å². The van der Waals surface area contributed by atoms with Crippen LogP contribution >= 0.6 is 24.0 Å². The molecule has 3 rings (SSSR count). The van der Waals surface area contributed by atoms with Crippen LogP contribution < -0.4 is 15.2 Å². The van der Waals surface area contributed by atoms with Gasteiger partial charge in [-0.15, -0.1) is 12.4 Å². The molecule has 0 spiro atoms. The third kappa shape index (κ3) is 5.53. The molecule has 1 saturated heterocycles. The van der Waals surface area contributed by atoms with Gasteiger partial charge >= 0.3 is 0 Å². The Morgan fingerprint density at radius 2 is 2.00 bits per heavy atom. The molecule has 2 aromatic rings. The van der Waals surface area contributed by atoms with Gasteiger partial charge in [-0.25, -0.2) is 0 Å². The summed E-state index contributed by atoms with van der Waals surface area (Å²) in [5.41, 5.74) is 7.33. The minimum absolute atomic E-state index is 0. The van der Waals surface area contributed by atoms with Gasteiger partial charge in [0.15, 0.2) is 0 Å². The zero-order valence-electron chi connectivity index (χ0n) is 15.9. The van der Waals surface area contributed by atoms with Gasteiger partial charge in [0.25, 0.3) is 5.91 Å². The SMILES string of the molecule is COc1ccc(C(=O)N2CCC(Cc3ccc(Cl)cc3)C2)c(OCCN)c1.Cl. The van der Waals surface area contributed by atoms with Crippen molar-refractivity contribution in [1.82, 2.24) is 4.90 Å². The fraction of sp³-hybridized carbons (Fsp3) is 0.381. The number of nitrogens with two attached hydrogens (primary N) is 1. The van der Waals surface area contributed by atoms with Gasteiger partial charge in [0.05, 0.1) is 12.7 Å². The standard InChI is InChI=1S/C21H25ClN2O3.ClH/c1-26-18-6-7-19(20(13-18)27-11-9-23)21(25)24-10-8-16(14-24)12-15-2-4-17(22)5-3-15;/h2-7,13,16H,8-12,14,23H2,1H3;1H. The van der Waals surface area contributed by atoms with E-state index in [-0.39, 0.29) is 18.3 Å². The highest BCUT2D eigenvalue weighted by Gasteiger charge is 2.28. The molecular weight excluding hydrogens is 399 g/mol. The van der Waals surface area contributed by atoms with Crippen LogP contribution in [0.25, 0.3) is 0 Å². The van der Waals surface area contributed by atoms with Crippen LogP contribution in [-0.4, -0.2) is 44.2 Å². The van der Waals surface area contributed by atoms with Crippen molar-refractivity contribution >= 4 is 29.9 Å². The van der Waals surface area contributed by atoms with E-state index in [9.17, 15) is 4.79 Å². The number of carbonyl (C=O) groups excluding carboxylic acids is 1. The Morgan fingerprint density at radius 1 is 1.25 bits per heavy atom. The molecule has 0 radical (unpaired) electrons. The lowest BCUT2D eigenvalue weighted by atomic mass is 9.99. The zero-order chi connectivity index (χ0) is 19.2. The second kappa shape index (κ2) is 10.6. The van der Waals surface area contributed by atoms with E-state index in [4.69, 9.17) is 26.8 Å².